The van der Waals surface area contributed by atoms with Crippen LogP contribution in [0.3, 0.4) is 0 Å². The largest absolute Gasteiger partial charge is 0.490 e. The van der Waals surface area contributed by atoms with Gasteiger partial charge in [0.2, 0.25) is 0 Å². The number of carboxylic acid groups (broad SMARTS) is 1. The average Bonchev–Trinajstić information content (AvgIpc) is 2.90. The number of unbranched alkanes of at least 4 members (excludes halogenated alkanes) is 1. The van der Waals surface area contributed by atoms with Crippen molar-refractivity contribution in [2.75, 3.05) is 6.61 Å². The molecule has 0 radical (unpaired) electrons. The number of hydrogen-bond donors (Lipinski definition) is 2. The number of halogens is 6. The molecule has 4 nitrogen and oxygen atoms in total. The van der Waals surface area contributed by atoms with Gasteiger partial charge in [-0.2, -0.15) is 13.2 Å². The van der Waals surface area contributed by atoms with Crippen LogP contribution in [0.4, 0.5) is 17.6 Å². The van der Waals surface area contributed by atoms with Crippen molar-refractivity contribution in [2.45, 2.75) is 49.8 Å². The number of hydrogen-bond acceptors (Lipinski definition) is 3. The zero-order chi connectivity index (χ0) is 22.5. The Morgan fingerprint density at radius 3 is 2.60 bits per heavy atom. The summed E-state index contributed by atoms with van der Waals surface area (Å²) in [5, 5.41) is 17.8. The Morgan fingerprint density at radius 2 is 1.97 bits per heavy atom. The monoisotopic (exact) mass is 472 g/mol. The van der Waals surface area contributed by atoms with Crippen molar-refractivity contribution in [3.63, 3.8) is 0 Å². The first kappa shape index (κ1) is 24.8. The molecule has 1 aromatic rings. The second-order valence-electron chi connectivity index (χ2n) is 7.22. The summed E-state index contributed by atoms with van der Waals surface area (Å²) in [5.41, 5.74) is -1.13. The molecule has 0 aliphatic heterocycles. The van der Waals surface area contributed by atoms with E-state index < -0.39 is 46.3 Å². The van der Waals surface area contributed by atoms with Crippen LogP contribution in [0.1, 0.15) is 37.7 Å². The van der Waals surface area contributed by atoms with Crippen molar-refractivity contribution >= 4 is 29.2 Å². The number of benzene rings is 1. The highest BCUT2D eigenvalue weighted by Gasteiger charge is 2.41. The van der Waals surface area contributed by atoms with E-state index in [-0.39, 0.29) is 30.7 Å². The molecule has 1 saturated carbocycles. The summed E-state index contributed by atoms with van der Waals surface area (Å²) >= 11 is 11.9. The minimum absolute atomic E-state index is 0.0617. The summed E-state index contributed by atoms with van der Waals surface area (Å²) in [7, 11) is 0. The van der Waals surface area contributed by atoms with Gasteiger partial charge < -0.3 is 14.9 Å². The van der Waals surface area contributed by atoms with Gasteiger partial charge in [0.1, 0.15) is 0 Å². The predicted octanol–water partition coefficient (Wildman–Crippen LogP) is 5.68. The highest BCUT2D eigenvalue weighted by molar-refractivity contribution is 6.31. The van der Waals surface area contributed by atoms with Crippen molar-refractivity contribution < 1.29 is 37.3 Å². The summed E-state index contributed by atoms with van der Waals surface area (Å²) in [4.78, 5) is 10.5. The van der Waals surface area contributed by atoms with Crippen LogP contribution < -0.4 is 4.74 Å². The molecule has 1 aliphatic rings. The van der Waals surface area contributed by atoms with Crippen LogP contribution in [-0.2, 0) is 11.0 Å². The fraction of sp³-hybridized carbons (Fsp3) is 0.550. The number of carbonyl (C=O) groups is 1. The van der Waals surface area contributed by atoms with E-state index in [4.69, 9.17) is 33.0 Å². The van der Waals surface area contributed by atoms with E-state index >= 15 is 0 Å². The first-order chi connectivity index (χ1) is 14.0. The fourth-order valence-corrected chi connectivity index (χ4v) is 4.13. The average molecular weight is 473 g/mol. The SMILES string of the molecule is O=C(O)CCC/C=C\C[C@@H]1[C@@H](COc2cc(C(F)(F)F)cc(Cl)c2F)[C@H](O)C[C@H]1Cl. The minimum Gasteiger partial charge on any atom is -0.490 e. The van der Waals surface area contributed by atoms with E-state index in [1.165, 1.54) is 0 Å². The Labute approximate surface area is 181 Å². The van der Waals surface area contributed by atoms with Crippen LogP contribution in [0, 0.1) is 17.7 Å². The Bertz CT molecular complexity index is 770. The van der Waals surface area contributed by atoms with Gasteiger partial charge in [-0.15, -0.1) is 11.6 Å². The molecule has 4 atom stereocenters. The second-order valence-corrected chi connectivity index (χ2v) is 8.19. The molecule has 0 spiro atoms. The third kappa shape index (κ3) is 6.75. The van der Waals surface area contributed by atoms with Crippen LogP contribution in [0.2, 0.25) is 5.02 Å². The van der Waals surface area contributed by atoms with Crippen LogP contribution >= 0.6 is 23.2 Å². The molecule has 2 N–H and O–H groups in total. The smallest absolute Gasteiger partial charge is 0.416 e. The first-order valence-electron chi connectivity index (χ1n) is 9.38. The molecule has 168 valence electrons. The maximum atomic E-state index is 14.1. The van der Waals surface area contributed by atoms with Gasteiger partial charge in [0.25, 0.3) is 0 Å². The number of aliphatic hydroxyl groups excluding tert-OH is 1. The van der Waals surface area contributed by atoms with Crippen molar-refractivity contribution in [1.82, 2.24) is 0 Å². The van der Waals surface area contributed by atoms with Crippen molar-refractivity contribution in [1.29, 1.82) is 0 Å². The summed E-state index contributed by atoms with van der Waals surface area (Å²) in [5.74, 6) is -3.36. The van der Waals surface area contributed by atoms with E-state index in [2.05, 4.69) is 0 Å². The molecular weight excluding hydrogens is 451 g/mol. The van der Waals surface area contributed by atoms with Gasteiger partial charge in [0.15, 0.2) is 11.6 Å². The molecule has 2 rings (SSSR count). The lowest BCUT2D eigenvalue weighted by Crippen LogP contribution is -2.27. The summed E-state index contributed by atoms with van der Waals surface area (Å²) in [6.07, 6.45) is -0.0336. The molecule has 1 aromatic carbocycles. The molecule has 1 aliphatic carbocycles. The molecule has 0 amide bonds. The third-order valence-corrected chi connectivity index (χ3v) is 5.84. The topological polar surface area (TPSA) is 66.8 Å². The van der Waals surface area contributed by atoms with E-state index in [0.717, 1.165) is 0 Å². The molecule has 30 heavy (non-hydrogen) atoms. The molecule has 10 heteroatoms. The van der Waals surface area contributed by atoms with E-state index in [1.54, 1.807) is 0 Å². The highest BCUT2D eigenvalue weighted by atomic mass is 35.5. The summed E-state index contributed by atoms with van der Waals surface area (Å²) in [6, 6.07) is 1.03. The second kappa shape index (κ2) is 10.7. The molecular formula is C20H22Cl2F4O4. The van der Waals surface area contributed by atoms with Gasteiger partial charge in [-0.3, -0.25) is 4.79 Å². The van der Waals surface area contributed by atoms with Crippen LogP contribution in [-0.4, -0.2) is 34.3 Å². The number of ether oxygens (including phenoxy) is 1. The Balaban J connectivity index is 2.02. The molecule has 0 unspecified atom stereocenters. The lowest BCUT2D eigenvalue weighted by molar-refractivity contribution is -0.138. The summed E-state index contributed by atoms with van der Waals surface area (Å²) < 4.78 is 58.2. The zero-order valence-corrected chi connectivity index (χ0v) is 17.4. The molecule has 0 heterocycles. The Morgan fingerprint density at radius 1 is 1.27 bits per heavy atom. The fourth-order valence-electron chi connectivity index (χ4n) is 3.45. The Hall–Kier alpha value is -1.51. The maximum absolute atomic E-state index is 14.1. The van der Waals surface area contributed by atoms with Gasteiger partial charge >= 0.3 is 12.1 Å². The van der Waals surface area contributed by atoms with Crippen LogP contribution in [0.5, 0.6) is 5.75 Å². The van der Waals surface area contributed by atoms with E-state index in [1.807, 2.05) is 12.2 Å². The molecule has 1 fully saturated rings. The summed E-state index contributed by atoms with van der Waals surface area (Å²) in [6.45, 7) is -0.226. The molecule has 0 bridgehead atoms. The highest BCUT2D eigenvalue weighted by Crippen LogP contribution is 2.40. The maximum Gasteiger partial charge on any atom is 0.416 e. The minimum atomic E-state index is -4.71. The number of aliphatic hydroxyl groups is 1. The number of aliphatic carboxylic acids is 1. The van der Waals surface area contributed by atoms with Crippen LogP contribution in [0.15, 0.2) is 24.3 Å². The standard InChI is InChI=1S/C20H22Cl2F4O4/c21-14-9-16(27)13(12(14)5-3-1-2-4-6-18(28)29)10-30-17-8-11(20(24,25)26)7-15(22)19(17)23/h1,3,7-8,12-14,16,27H,2,4-6,9-10H2,(H,28,29)/b3-1-/t12-,13-,14-,16-/m1/s1. The quantitative estimate of drug-likeness (QED) is 0.210. The molecule has 0 saturated heterocycles. The lowest BCUT2D eigenvalue weighted by Gasteiger charge is -2.23. The zero-order valence-electron chi connectivity index (χ0n) is 15.8. The number of rotatable bonds is 9. The van der Waals surface area contributed by atoms with Gasteiger partial charge in [-0.1, -0.05) is 23.8 Å². The van der Waals surface area contributed by atoms with E-state index in [0.29, 0.717) is 31.4 Å². The van der Waals surface area contributed by atoms with Gasteiger partial charge in [-0.05, 0) is 43.7 Å². The van der Waals surface area contributed by atoms with Crippen molar-refractivity contribution in [3.05, 3.63) is 40.7 Å². The van der Waals surface area contributed by atoms with Crippen LogP contribution in [0.25, 0.3) is 0 Å². The number of carboxylic acids is 1. The third-order valence-electron chi connectivity index (χ3n) is 5.07. The van der Waals surface area contributed by atoms with Crippen molar-refractivity contribution in [2.24, 2.45) is 11.8 Å². The number of alkyl halides is 4. The van der Waals surface area contributed by atoms with Gasteiger partial charge in [-0.25, -0.2) is 4.39 Å². The number of allylic oxidation sites excluding steroid dienone is 2. The first-order valence-corrected chi connectivity index (χ1v) is 10.2. The lowest BCUT2D eigenvalue weighted by atomic mass is 9.92. The van der Waals surface area contributed by atoms with Gasteiger partial charge in [0.05, 0.1) is 23.3 Å². The Kier molecular flexibility index (Phi) is 8.82. The predicted molar refractivity (Wildman–Crippen MR) is 104 cm³/mol. The normalized spacial score (nSPS) is 24.5. The van der Waals surface area contributed by atoms with Gasteiger partial charge in [0, 0.05) is 17.7 Å². The molecule has 0 aromatic heterocycles. The van der Waals surface area contributed by atoms with E-state index in [9.17, 15) is 27.5 Å². The van der Waals surface area contributed by atoms with Crippen molar-refractivity contribution in [3.8, 4) is 5.75 Å².